The molecule has 0 bridgehead atoms. The van der Waals surface area contributed by atoms with Crippen molar-refractivity contribution in [2.75, 3.05) is 33.4 Å². The summed E-state index contributed by atoms with van der Waals surface area (Å²) in [6.45, 7) is 5.89. The van der Waals surface area contributed by atoms with Crippen molar-refractivity contribution in [3.63, 3.8) is 0 Å². The van der Waals surface area contributed by atoms with Crippen molar-refractivity contribution >= 4 is 0 Å². The van der Waals surface area contributed by atoms with Crippen molar-refractivity contribution in [1.29, 1.82) is 0 Å². The minimum Gasteiger partial charge on any atom is -0.496 e. The zero-order valence-electron chi connectivity index (χ0n) is 11.4. The number of benzene rings is 1. The van der Waals surface area contributed by atoms with Crippen LogP contribution in [-0.4, -0.2) is 33.4 Å². The maximum atomic E-state index is 5.62. The van der Waals surface area contributed by atoms with E-state index >= 15 is 0 Å². The summed E-state index contributed by atoms with van der Waals surface area (Å²) >= 11 is 0. The minimum atomic E-state index is 0.227. The van der Waals surface area contributed by atoms with Crippen LogP contribution in [0.25, 0.3) is 0 Å². The molecule has 100 valence electrons. The highest BCUT2D eigenvalue weighted by Crippen LogP contribution is 2.34. The Kier molecular flexibility index (Phi) is 4.61. The summed E-state index contributed by atoms with van der Waals surface area (Å²) in [6, 6.07) is 8.29. The molecule has 1 aliphatic rings. The van der Waals surface area contributed by atoms with Crippen LogP contribution in [0.5, 0.6) is 5.75 Å². The topological polar surface area (TPSA) is 30.5 Å². The van der Waals surface area contributed by atoms with Gasteiger partial charge in [-0.15, -0.1) is 0 Å². The van der Waals surface area contributed by atoms with Crippen molar-refractivity contribution in [2.45, 2.75) is 19.8 Å². The first-order chi connectivity index (χ1) is 8.79. The van der Waals surface area contributed by atoms with E-state index in [2.05, 4.69) is 24.4 Å². The van der Waals surface area contributed by atoms with Crippen molar-refractivity contribution in [1.82, 2.24) is 5.32 Å². The minimum absolute atomic E-state index is 0.227. The highest BCUT2D eigenvalue weighted by atomic mass is 16.5. The lowest BCUT2D eigenvalue weighted by Crippen LogP contribution is -2.36. The van der Waals surface area contributed by atoms with Gasteiger partial charge in [0, 0.05) is 18.6 Å². The van der Waals surface area contributed by atoms with Crippen LogP contribution >= 0.6 is 0 Å². The van der Waals surface area contributed by atoms with E-state index in [0.717, 1.165) is 44.9 Å². The van der Waals surface area contributed by atoms with E-state index in [4.69, 9.17) is 9.47 Å². The van der Waals surface area contributed by atoms with Crippen LogP contribution in [0.15, 0.2) is 24.3 Å². The van der Waals surface area contributed by atoms with Gasteiger partial charge in [0.2, 0.25) is 0 Å². The Morgan fingerprint density at radius 1 is 1.39 bits per heavy atom. The Morgan fingerprint density at radius 3 is 2.89 bits per heavy atom. The molecule has 1 N–H and O–H groups in total. The van der Waals surface area contributed by atoms with Crippen LogP contribution in [0, 0.1) is 5.41 Å². The van der Waals surface area contributed by atoms with E-state index in [-0.39, 0.29) is 5.41 Å². The molecule has 1 atom stereocenters. The maximum Gasteiger partial charge on any atom is 0.122 e. The average Bonchev–Trinajstić information content (AvgIpc) is 2.86. The number of methoxy groups -OCH3 is 1. The third kappa shape index (κ3) is 3.03. The summed E-state index contributed by atoms with van der Waals surface area (Å²) in [5.74, 6) is 0.986. The van der Waals surface area contributed by atoms with Crippen molar-refractivity contribution < 1.29 is 9.47 Å². The molecule has 1 aromatic carbocycles. The Balaban J connectivity index is 2.13. The van der Waals surface area contributed by atoms with Crippen LogP contribution in [0.1, 0.15) is 18.9 Å². The number of para-hydroxylation sites is 1. The molecule has 2 rings (SSSR count). The molecule has 1 aromatic rings. The molecule has 3 nitrogen and oxygen atoms in total. The summed E-state index contributed by atoms with van der Waals surface area (Å²) < 4.78 is 11.1. The molecule has 0 amide bonds. The molecule has 0 spiro atoms. The summed E-state index contributed by atoms with van der Waals surface area (Å²) in [5.41, 5.74) is 1.51. The molecular weight excluding hydrogens is 226 g/mol. The standard InChI is InChI=1S/C15H23NO2/c1-3-16-11-15(8-9-18-12-15)10-13-6-4-5-7-14(13)17-2/h4-7,16H,3,8-12H2,1-2H3. The highest BCUT2D eigenvalue weighted by molar-refractivity contribution is 5.34. The first-order valence-corrected chi connectivity index (χ1v) is 6.70. The summed E-state index contributed by atoms with van der Waals surface area (Å²) in [6.07, 6.45) is 2.14. The van der Waals surface area contributed by atoms with Gasteiger partial charge < -0.3 is 14.8 Å². The van der Waals surface area contributed by atoms with E-state index in [1.54, 1.807) is 7.11 Å². The quantitative estimate of drug-likeness (QED) is 0.839. The van der Waals surface area contributed by atoms with Gasteiger partial charge in [-0.1, -0.05) is 25.1 Å². The molecule has 1 saturated heterocycles. The van der Waals surface area contributed by atoms with Crippen LogP contribution in [-0.2, 0) is 11.2 Å². The van der Waals surface area contributed by atoms with Gasteiger partial charge in [0.05, 0.1) is 13.7 Å². The summed E-state index contributed by atoms with van der Waals surface area (Å²) in [4.78, 5) is 0. The molecule has 3 heteroatoms. The fourth-order valence-corrected chi connectivity index (χ4v) is 2.63. The second-order valence-electron chi connectivity index (χ2n) is 5.07. The third-order valence-electron chi connectivity index (χ3n) is 3.69. The van der Waals surface area contributed by atoms with Gasteiger partial charge in [-0.25, -0.2) is 0 Å². The van der Waals surface area contributed by atoms with Gasteiger partial charge in [-0.2, -0.15) is 0 Å². The number of hydrogen-bond donors (Lipinski definition) is 1. The van der Waals surface area contributed by atoms with Gasteiger partial charge in [0.25, 0.3) is 0 Å². The van der Waals surface area contributed by atoms with E-state index in [9.17, 15) is 0 Å². The monoisotopic (exact) mass is 249 g/mol. The van der Waals surface area contributed by atoms with Gasteiger partial charge in [0.1, 0.15) is 5.75 Å². The lowest BCUT2D eigenvalue weighted by Gasteiger charge is -2.28. The second kappa shape index (κ2) is 6.21. The maximum absolute atomic E-state index is 5.62. The Morgan fingerprint density at radius 2 is 2.22 bits per heavy atom. The first-order valence-electron chi connectivity index (χ1n) is 6.70. The normalized spacial score (nSPS) is 23.2. The largest absolute Gasteiger partial charge is 0.496 e. The highest BCUT2D eigenvalue weighted by Gasteiger charge is 2.35. The fraction of sp³-hybridized carbons (Fsp3) is 0.600. The smallest absolute Gasteiger partial charge is 0.122 e. The SMILES string of the molecule is CCNCC1(Cc2ccccc2OC)CCOC1. The van der Waals surface area contributed by atoms with Gasteiger partial charge in [-0.3, -0.25) is 0 Å². The van der Waals surface area contributed by atoms with Crippen molar-refractivity contribution in [2.24, 2.45) is 5.41 Å². The number of rotatable bonds is 6. The predicted molar refractivity (Wildman–Crippen MR) is 73.1 cm³/mol. The molecule has 0 aliphatic carbocycles. The Hall–Kier alpha value is -1.06. The number of ether oxygens (including phenoxy) is 2. The van der Waals surface area contributed by atoms with Gasteiger partial charge in [0.15, 0.2) is 0 Å². The van der Waals surface area contributed by atoms with Crippen molar-refractivity contribution in [3.05, 3.63) is 29.8 Å². The molecular formula is C15H23NO2. The van der Waals surface area contributed by atoms with Crippen LogP contribution in [0.2, 0.25) is 0 Å². The second-order valence-corrected chi connectivity index (χ2v) is 5.07. The van der Waals surface area contributed by atoms with Crippen LogP contribution in [0.3, 0.4) is 0 Å². The van der Waals surface area contributed by atoms with E-state index < -0.39 is 0 Å². The zero-order valence-corrected chi connectivity index (χ0v) is 11.4. The molecule has 1 unspecified atom stereocenters. The molecule has 18 heavy (non-hydrogen) atoms. The first kappa shape index (κ1) is 13.4. The van der Waals surface area contributed by atoms with E-state index in [1.807, 2.05) is 12.1 Å². The lowest BCUT2D eigenvalue weighted by atomic mass is 9.80. The third-order valence-corrected chi connectivity index (χ3v) is 3.69. The van der Waals surface area contributed by atoms with Crippen molar-refractivity contribution in [3.8, 4) is 5.75 Å². The van der Waals surface area contributed by atoms with Gasteiger partial charge >= 0.3 is 0 Å². The molecule has 0 radical (unpaired) electrons. The predicted octanol–water partition coefficient (Wildman–Crippen LogP) is 2.25. The molecule has 1 fully saturated rings. The van der Waals surface area contributed by atoms with Gasteiger partial charge in [-0.05, 0) is 31.0 Å². The lowest BCUT2D eigenvalue weighted by molar-refractivity contribution is 0.149. The van der Waals surface area contributed by atoms with Crippen LogP contribution in [0.4, 0.5) is 0 Å². The Labute approximate surface area is 109 Å². The zero-order chi connectivity index (χ0) is 12.8. The average molecular weight is 249 g/mol. The molecule has 1 aliphatic heterocycles. The number of nitrogens with one attached hydrogen (secondary N) is 1. The molecule has 0 saturated carbocycles. The fourth-order valence-electron chi connectivity index (χ4n) is 2.63. The Bertz CT molecular complexity index is 373. The molecule has 0 aromatic heterocycles. The summed E-state index contributed by atoms with van der Waals surface area (Å²) in [7, 11) is 1.74. The van der Waals surface area contributed by atoms with E-state index in [0.29, 0.717) is 0 Å². The van der Waals surface area contributed by atoms with Crippen LogP contribution < -0.4 is 10.1 Å². The van der Waals surface area contributed by atoms with E-state index in [1.165, 1.54) is 5.56 Å². The number of hydrogen-bond acceptors (Lipinski definition) is 3. The molecule has 1 heterocycles. The summed E-state index contributed by atoms with van der Waals surface area (Å²) in [5, 5.41) is 3.47.